The number of amides is 1. The Bertz CT molecular complexity index is 791. The third kappa shape index (κ3) is 4.99. The summed E-state index contributed by atoms with van der Waals surface area (Å²) in [6.45, 7) is 5.75. The molecule has 0 radical (unpaired) electrons. The predicted octanol–water partition coefficient (Wildman–Crippen LogP) is 4.62. The zero-order valence-electron chi connectivity index (χ0n) is 15.0. The standard InChI is InChI=1S/C20H22ClNO4/c1-4-17(26-18-9-7-6-8-13(18)3)19(23)22-14-10-11-16(21)15(12-14)20(24)25-5-2/h6-12,17H,4-5H2,1-3H3,(H,22,23). The number of ether oxygens (including phenoxy) is 2. The molecular formula is C20H22ClNO4. The minimum atomic E-state index is -0.655. The predicted molar refractivity (Wildman–Crippen MR) is 102 cm³/mol. The molecule has 0 bridgehead atoms. The molecule has 0 spiro atoms. The van der Waals surface area contributed by atoms with Crippen LogP contribution in [0, 0.1) is 6.92 Å². The van der Waals surface area contributed by atoms with E-state index >= 15 is 0 Å². The van der Waals surface area contributed by atoms with E-state index in [2.05, 4.69) is 5.32 Å². The Balaban J connectivity index is 2.13. The summed E-state index contributed by atoms with van der Waals surface area (Å²) in [5, 5.41) is 3.04. The van der Waals surface area contributed by atoms with Crippen molar-refractivity contribution in [2.75, 3.05) is 11.9 Å². The van der Waals surface area contributed by atoms with Crippen molar-refractivity contribution in [3.05, 3.63) is 58.6 Å². The maximum atomic E-state index is 12.6. The topological polar surface area (TPSA) is 64.6 Å². The van der Waals surface area contributed by atoms with Crippen LogP contribution < -0.4 is 10.1 Å². The number of aryl methyl sites for hydroxylation is 1. The van der Waals surface area contributed by atoms with E-state index in [-0.39, 0.29) is 23.1 Å². The van der Waals surface area contributed by atoms with E-state index in [4.69, 9.17) is 21.1 Å². The summed E-state index contributed by atoms with van der Waals surface area (Å²) < 4.78 is 10.8. The lowest BCUT2D eigenvalue weighted by atomic mass is 10.1. The molecule has 1 N–H and O–H groups in total. The van der Waals surface area contributed by atoms with E-state index in [0.29, 0.717) is 17.9 Å². The monoisotopic (exact) mass is 375 g/mol. The molecule has 0 aromatic heterocycles. The van der Waals surface area contributed by atoms with E-state index in [1.165, 1.54) is 6.07 Å². The summed E-state index contributed by atoms with van der Waals surface area (Å²) in [6, 6.07) is 12.2. The smallest absolute Gasteiger partial charge is 0.339 e. The second-order valence-corrected chi connectivity index (χ2v) is 6.09. The number of esters is 1. The largest absolute Gasteiger partial charge is 0.480 e. The van der Waals surface area contributed by atoms with Crippen LogP contribution in [0.15, 0.2) is 42.5 Å². The quantitative estimate of drug-likeness (QED) is 0.717. The van der Waals surface area contributed by atoms with Crippen LogP contribution in [0.2, 0.25) is 5.02 Å². The third-order valence-corrected chi connectivity index (χ3v) is 4.08. The molecule has 2 aromatic rings. The Morgan fingerprint density at radius 3 is 2.54 bits per heavy atom. The molecule has 0 aliphatic heterocycles. The van der Waals surface area contributed by atoms with E-state index < -0.39 is 12.1 Å². The third-order valence-electron chi connectivity index (χ3n) is 3.76. The van der Waals surface area contributed by atoms with Crippen LogP contribution in [0.1, 0.15) is 36.2 Å². The van der Waals surface area contributed by atoms with Gasteiger partial charge in [-0.2, -0.15) is 0 Å². The normalized spacial score (nSPS) is 11.5. The maximum Gasteiger partial charge on any atom is 0.339 e. The lowest BCUT2D eigenvalue weighted by Gasteiger charge is -2.19. The summed E-state index contributed by atoms with van der Waals surface area (Å²) in [7, 11) is 0. The van der Waals surface area contributed by atoms with Crippen molar-refractivity contribution in [1.29, 1.82) is 0 Å². The van der Waals surface area contributed by atoms with Gasteiger partial charge in [0.2, 0.25) is 0 Å². The van der Waals surface area contributed by atoms with Crippen LogP contribution in [-0.4, -0.2) is 24.6 Å². The Kier molecular flexibility index (Phi) is 7.04. The molecule has 1 amide bonds. The molecular weight excluding hydrogens is 354 g/mol. The number of nitrogens with one attached hydrogen (secondary N) is 1. The number of para-hydroxylation sites is 1. The Hall–Kier alpha value is -2.53. The van der Waals surface area contributed by atoms with E-state index in [0.717, 1.165) is 5.56 Å². The van der Waals surface area contributed by atoms with Crippen molar-refractivity contribution < 1.29 is 19.1 Å². The Morgan fingerprint density at radius 1 is 1.15 bits per heavy atom. The highest BCUT2D eigenvalue weighted by atomic mass is 35.5. The second kappa shape index (κ2) is 9.25. The van der Waals surface area contributed by atoms with Gasteiger partial charge in [-0.25, -0.2) is 4.79 Å². The van der Waals surface area contributed by atoms with Crippen molar-refractivity contribution in [3.63, 3.8) is 0 Å². The average Bonchev–Trinajstić information content (AvgIpc) is 2.62. The molecule has 5 nitrogen and oxygen atoms in total. The highest BCUT2D eigenvalue weighted by Gasteiger charge is 2.20. The SMILES string of the molecule is CCOC(=O)c1cc(NC(=O)C(CC)Oc2ccccc2C)ccc1Cl. The summed E-state index contributed by atoms with van der Waals surface area (Å²) in [6.07, 6.45) is -0.156. The first kappa shape index (κ1) is 19.8. The summed E-state index contributed by atoms with van der Waals surface area (Å²) >= 11 is 6.04. The summed E-state index contributed by atoms with van der Waals surface area (Å²) in [5.74, 6) is -0.164. The molecule has 1 atom stereocenters. The van der Waals surface area contributed by atoms with Gasteiger partial charge >= 0.3 is 5.97 Å². The van der Waals surface area contributed by atoms with Gasteiger partial charge in [0.1, 0.15) is 5.75 Å². The van der Waals surface area contributed by atoms with Crippen LogP contribution in [0.3, 0.4) is 0 Å². The van der Waals surface area contributed by atoms with Gasteiger partial charge in [-0.15, -0.1) is 0 Å². The molecule has 6 heteroatoms. The fraction of sp³-hybridized carbons (Fsp3) is 0.300. The first-order chi connectivity index (χ1) is 12.5. The molecule has 0 fully saturated rings. The van der Waals surface area contributed by atoms with Gasteiger partial charge in [-0.1, -0.05) is 36.7 Å². The molecule has 2 rings (SSSR count). The fourth-order valence-electron chi connectivity index (χ4n) is 2.36. The van der Waals surface area contributed by atoms with Crippen molar-refractivity contribution in [1.82, 2.24) is 0 Å². The van der Waals surface area contributed by atoms with Crippen LogP contribution in [0.4, 0.5) is 5.69 Å². The van der Waals surface area contributed by atoms with Crippen molar-refractivity contribution >= 4 is 29.2 Å². The van der Waals surface area contributed by atoms with Gasteiger partial charge in [0.25, 0.3) is 5.91 Å². The first-order valence-corrected chi connectivity index (χ1v) is 8.83. The molecule has 0 saturated heterocycles. The Morgan fingerprint density at radius 2 is 1.88 bits per heavy atom. The van der Waals surface area contributed by atoms with Crippen LogP contribution >= 0.6 is 11.6 Å². The first-order valence-electron chi connectivity index (χ1n) is 8.46. The van der Waals surface area contributed by atoms with Crippen LogP contribution in [0.5, 0.6) is 5.75 Å². The minimum Gasteiger partial charge on any atom is -0.480 e. The summed E-state index contributed by atoms with van der Waals surface area (Å²) in [5.41, 5.74) is 1.61. The molecule has 0 saturated carbocycles. The average molecular weight is 376 g/mol. The highest BCUT2D eigenvalue weighted by Crippen LogP contribution is 2.23. The molecule has 0 aliphatic rings. The molecule has 0 aliphatic carbocycles. The van der Waals surface area contributed by atoms with Gasteiger partial charge in [0.05, 0.1) is 17.2 Å². The number of hydrogen-bond donors (Lipinski definition) is 1. The zero-order valence-corrected chi connectivity index (χ0v) is 15.8. The minimum absolute atomic E-state index is 0.208. The lowest BCUT2D eigenvalue weighted by molar-refractivity contribution is -0.122. The lowest BCUT2D eigenvalue weighted by Crippen LogP contribution is -2.32. The maximum absolute atomic E-state index is 12.6. The molecule has 2 aromatic carbocycles. The van der Waals surface area contributed by atoms with Crippen molar-refractivity contribution in [2.24, 2.45) is 0 Å². The number of halogens is 1. The number of benzene rings is 2. The highest BCUT2D eigenvalue weighted by molar-refractivity contribution is 6.33. The number of hydrogen-bond acceptors (Lipinski definition) is 4. The number of rotatable bonds is 7. The number of carbonyl (C=O) groups is 2. The molecule has 26 heavy (non-hydrogen) atoms. The van der Waals surface area contributed by atoms with Gasteiger partial charge in [0, 0.05) is 5.69 Å². The van der Waals surface area contributed by atoms with E-state index in [9.17, 15) is 9.59 Å². The van der Waals surface area contributed by atoms with Crippen LogP contribution in [-0.2, 0) is 9.53 Å². The van der Waals surface area contributed by atoms with Crippen LogP contribution in [0.25, 0.3) is 0 Å². The van der Waals surface area contributed by atoms with Gasteiger partial charge in [0.15, 0.2) is 6.10 Å². The second-order valence-electron chi connectivity index (χ2n) is 5.68. The molecule has 138 valence electrons. The number of anilines is 1. The number of carbonyl (C=O) groups excluding carboxylic acids is 2. The Labute approximate surface area is 158 Å². The van der Waals surface area contributed by atoms with Gasteiger partial charge < -0.3 is 14.8 Å². The van der Waals surface area contributed by atoms with Crippen molar-refractivity contribution in [2.45, 2.75) is 33.3 Å². The van der Waals surface area contributed by atoms with Crippen molar-refractivity contribution in [3.8, 4) is 5.75 Å². The molecule has 1 unspecified atom stereocenters. The zero-order chi connectivity index (χ0) is 19.1. The van der Waals surface area contributed by atoms with Gasteiger partial charge in [-0.05, 0) is 50.1 Å². The van der Waals surface area contributed by atoms with Gasteiger partial charge in [-0.3, -0.25) is 4.79 Å². The summed E-state index contributed by atoms with van der Waals surface area (Å²) in [4.78, 5) is 24.5. The fourth-order valence-corrected chi connectivity index (χ4v) is 2.55. The van der Waals surface area contributed by atoms with E-state index in [1.807, 2.05) is 38.1 Å². The van der Waals surface area contributed by atoms with E-state index in [1.54, 1.807) is 19.1 Å². The molecule has 0 heterocycles.